The second-order valence-corrected chi connectivity index (χ2v) is 6.84. The van der Waals surface area contributed by atoms with Gasteiger partial charge in [0.1, 0.15) is 5.82 Å². The molecule has 4 rings (SSSR count). The fraction of sp³-hybridized carbons (Fsp3) is 0.400. The number of nitrogens with zero attached hydrogens (tertiary/aromatic N) is 7. The highest BCUT2D eigenvalue weighted by atomic mass is 79.9. The maximum absolute atomic E-state index is 4.53. The number of halogens is 1. The van der Waals surface area contributed by atoms with E-state index in [1.54, 1.807) is 23.4 Å². The van der Waals surface area contributed by atoms with E-state index in [2.05, 4.69) is 56.5 Å². The van der Waals surface area contributed by atoms with Crippen LogP contribution < -0.4 is 10.6 Å². The van der Waals surface area contributed by atoms with E-state index in [-0.39, 0.29) is 0 Å². The highest BCUT2D eigenvalue weighted by Crippen LogP contribution is 2.41. The smallest absolute Gasteiger partial charge is 0.229 e. The summed E-state index contributed by atoms with van der Waals surface area (Å²) in [5.74, 6) is 1.26. The van der Waals surface area contributed by atoms with Gasteiger partial charge in [0.2, 0.25) is 5.95 Å². The number of aromatic nitrogens is 7. The summed E-state index contributed by atoms with van der Waals surface area (Å²) in [5.41, 5.74) is 1.97. The average Bonchev–Trinajstić information content (AvgIpc) is 3.21. The van der Waals surface area contributed by atoms with Crippen LogP contribution in [0.4, 0.5) is 17.5 Å². The largest absolute Gasteiger partial charge is 0.372 e. The third kappa shape index (κ3) is 2.97. The average molecular weight is 404 g/mol. The van der Waals surface area contributed by atoms with Gasteiger partial charge in [-0.25, -0.2) is 4.98 Å². The minimum atomic E-state index is 0.355. The predicted molar refractivity (Wildman–Crippen MR) is 96.9 cm³/mol. The van der Waals surface area contributed by atoms with Crippen LogP contribution in [0.15, 0.2) is 29.3 Å². The van der Waals surface area contributed by atoms with Crippen molar-refractivity contribution in [1.82, 2.24) is 34.7 Å². The molecule has 0 amide bonds. The second kappa shape index (κ2) is 6.43. The van der Waals surface area contributed by atoms with Crippen molar-refractivity contribution in [3.8, 4) is 0 Å². The predicted octanol–water partition coefficient (Wildman–Crippen LogP) is 2.70. The third-order valence-corrected chi connectivity index (χ3v) is 5.05. The van der Waals surface area contributed by atoms with Crippen LogP contribution in [0.5, 0.6) is 0 Å². The van der Waals surface area contributed by atoms with Crippen molar-refractivity contribution in [2.45, 2.75) is 31.8 Å². The molecule has 0 radical (unpaired) electrons. The van der Waals surface area contributed by atoms with Crippen LogP contribution in [0, 0.1) is 6.92 Å². The summed E-state index contributed by atoms with van der Waals surface area (Å²) in [5, 5.41) is 19.2. The van der Waals surface area contributed by atoms with E-state index in [4.69, 9.17) is 0 Å². The molecule has 2 N–H and O–H groups in total. The molecule has 3 aromatic heterocycles. The van der Waals surface area contributed by atoms with E-state index in [0.717, 1.165) is 34.5 Å². The van der Waals surface area contributed by atoms with Crippen molar-refractivity contribution < 1.29 is 0 Å². The molecule has 0 unspecified atom stereocenters. The van der Waals surface area contributed by atoms with Gasteiger partial charge in [0, 0.05) is 13.2 Å². The first-order chi connectivity index (χ1) is 12.2. The summed E-state index contributed by atoms with van der Waals surface area (Å²) in [6, 6.07) is 0.721. The van der Waals surface area contributed by atoms with Crippen LogP contribution in [0.1, 0.15) is 30.6 Å². The lowest BCUT2D eigenvalue weighted by atomic mass is 9.87. The van der Waals surface area contributed by atoms with Crippen molar-refractivity contribution in [2.24, 2.45) is 0 Å². The summed E-state index contributed by atoms with van der Waals surface area (Å²) in [6.45, 7) is 2.05. The van der Waals surface area contributed by atoms with Crippen LogP contribution in [-0.2, 0) is 0 Å². The summed E-state index contributed by atoms with van der Waals surface area (Å²) in [7, 11) is 1.82. The van der Waals surface area contributed by atoms with Crippen molar-refractivity contribution in [1.29, 1.82) is 0 Å². The Bertz CT molecular complexity index is 867. The first-order valence-corrected chi connectivity index (χ1v) is 8.82. The Hall–Kier alpha value is -2.49. The number of anilines is 3. The van der Waals surface area contributed by atoms with Crippen LogP contribution in [-0.4, -0.2) is 41.8 Å². The Balaban J connectivity index is 1.47. The zero-order valence-corrected chi connectivity index (χ0v) is 15.5. The first-order valence-electron chi connectivity index (χ1n) is 8.03. The topological polar surface area (TPSA) is 98.4 Å². The van der Waals surface area contributed by atoms with E-state index >= 15 is 0 Å². The van der Waals surface area contributed by atoms with E-state index in [1.165, 1.54) is 0 Å². The molecule has 3 heterocycles. The lowest BCUT2D eigenvalue weighted by Crippen LogP contribution is -2.31. The van der Waals surface area contributed by atoms with E-state index in [1.807, 2.05) is 20.2 Å². The molecule has 10 heteroatoms. The third-order valence-electron chi connectivity index (χ3n) is 4.47. The maximum atomic E-state index is 4.53. The van der Waals surface area contributed by atoms with Gasteiger partial charge in [0.15, 0.2) is 0 Å². The Labute approximate surface area is 153 Å². The second-order valence-electron chi connectivity index (χ2n) is 5.98. The molecule has 0 aromatic carbocycles. The van der Waals surface area contributed by atoms with E-state index in [0.29, 0.717) is 18.0 Å². The zero-order chi connectivity index (χ0) is 17.4. The van der Waals surface area contributed by atoms with Gasteiger partial charge in [-0.2, -0.15) is 25.1 Å². The molecule has 3 aromatic rings. The lowest BCUT2D eigenvalue weighted by Gasteiger charge is -2.35. The molecular weight excluding hydrogens is 386 g/mol. The fourth-order valence-corrected chi connectivity index (χ4v) is 3.39. The Morgan fingerprint density at radius 3 is 2.60 bits per heavy atom. The molecule has 9 nitrogen and oxygen atoms in total. The number of hydrogen-bond donors (Lipinski definition) is 2. The highest BCUT2D eigenvalue weighted by Gasteiger charge is 2.34. The Morgan fingerprint density at radius 1 is 1.12 bits per heavy atom. The van der Waals surface area contributed by atoms with Gasteiger partial charge in [0.25, 0.3) is 0 Å². The maximum Gasteiger partial charge on any atom is 0.229 e. The molecule has 0 bridgehead atoms. The van der Waals surface area contributed by atoms with E-state index in [9.17, 15) is 0 Å². The number of hydrogen-bond acceptors (Lipinski definition) is 7. The van der Waals surface area contributed by atoms with Gasteiger partial charge in [-0.1, -0.05) is 0 Å². The van der Waals surface area contributed by atoms with Crippen LogP contribution >= 0.6 is 15.9 Å². The van der Waals surface area contributed by atoms with Gasteiger partial charge < -0.3 is 10.6 Å². The van der Waals surface area contributed by atoms with Crippen molar-refractivity contribution in [3.63, 3.8) is 0 Å². The molecule has 0 aliphatic heterocycles. The highest BCUT2D eigenvalue weighted by molar-refractivity contribution is 9.10. The minimum Gasteiger partial charge on any atom is -0.372 e. The Kier molecular flexibility index (Phi) is 4.12. The van der Waals surface area contributed by atoms with Gasteiger partial charge in [-0.05, 0) is 35.7 Å². The monoisotopic (exact) mass is 403 g/mol. The van der Waals surface area contributed by atoms with Gasteiger partial charge in [0.05, 0.1) is 46.5 Å². The van der Waals surface area contributed by atoms with Crippen LogP contribution in [0.2, 0.25) is 0 Å². The summed E-state index contributed by atoms with van der Waals surface area (Å²) in [4.78, 5) is 10.5. The molecule has 0 atom stereocenters. The van der Waals surface area contributed by atoms with Crippen molar-refractivity contribution in [3.05, 3.63) is 35.0 Å². The van der Waals surface area contributed by atoms with Crippen LogP contribution in [0.3, 0.4) is 0 Å². The molecule has 0 saturated heterocycles. The fourth-order valence-electron chi connectivity index (χ4n) is 3.00. The molecule has 1 fully saturated rings. The summed E-state index contributed by atoms with van der Waals surface area (Å²) < 4.78 is 2.88. The van der Waals surface area contributed by atoms with Crippen molar-refractivity contribution in [2.75, 3.05) is 17.7 Å². The molecule has 25 heavy (non-hydrogen) atoms. The minimum absolute atomic E-state index is 0.355. The first kappa shape index (κ1) is 16.0. The molecule has 1 saturated carbocycles. The van der Waals surface area contributed by atoms with Gasteiger partial charge in [-0.3, -0.25) is 4.68 Å². The standard InChI is InChI=1S/C15H18BrN9/c1-9-13(22-15-18-7-12(16)14(17-2)23-15)8-21-24(9)10-5-11(6-10)25-19-3-4-20-25/h3-4,7-8,10-11H,5-6H2,1-2H3,(H2,17,18,22,23)/t10-,11-. The van der Waals surface area contributed by atoms with Gasteiger partial charge >= 0.3 is 0 Å². The van der Waals surface area contributed by atoms with E-state index < -0.39 is 0 Å². The quantitative estimate of drug-likeness (QED) is 0.675. The normalized spacial score (nSPS) is 19.5. The molecule has 1 aliphatic rings. The molecular formula is C15H18BrN9. The SMILES string of the molecule is CNc1nc(Nc2cnn([C@H]3C[C@H](n4nccn4)C3)c2C)ncc1Br. The van der Waals surface area contributed by atoms with Crippen LogP contribution in [0.25, 0.3) is 0 Å². The molecule has 0 spiro atoms. The summed E-state index contributed by atoms with van der Waals surface area (Å²) in [6.07, 6.45) is 8.93. The van der Waals surface area contributed by atoms with Crippen molar-refractivity contribution >= 4 is 33.4 Å². The number of nitrogens with one attached hydrogen (secondary N) is 2. The molecule has 130 valence electrons. The number of rotatable bonds is 5. The lowest BCUT2D eigenvalue weighted by molar-refractivity contribution is 0.158. The van der Waals surface area contributed by atoms with Gasteiger partial charge in [-0.15, -0.1) is 0 Å². The Morgan fingerprint density at radius 2 is 1.88 bits per heavy atom. The zero-order valence-electron chi connectivity index (χ0n) is 13.9. The summed E-state index contributed by atoms with van der Waals surface area (Å²) >= 11 is 3.41. The molecule has 1 aliphatic carbocycles.